The highest BCUT2D eigenvalue weighted by molar-refractivity contribution is 7.68. The molecule has 1 unspecified atom stereocenters. The summed E-state index contributed by atoms with van der Waals surface area (Å²) in [5.74, 6) is -0.431. The van der Waals surface area contributed by atoms with Crippen LogP contribution in [-0.2, 0) is 9.09 Å². The zero-order chi connectivity index (χ0) is 22.9. The summed E-state index contributed by atoms with van der Waals surface area (Å²) in [5, 5.41) is 13.3. The molecule has 0 bridgehead atoms. The van der Waals surface area contributed by atoms with Gasteiger partial charge in [0.2, 0.25) is 0 Å². The largest absolute Gasteiger partial charge is 0.477 e. The predicted octanol–water partition coefficient (Wildman–Crippen LogP) is 6.96. The molecule has 0 amide bonds. The number of anilines is 1. The van der Waals surface area contributed by atoms with Gasteiger partial charge < -0.3 is 14.7 Å². The minimum Gasteiger partial charge on any atom is -0.477 e. The number of aromatic carboxylic acids is 1. The molecule has 1 saturated carbocycles. The molecule has 1 aliphatic carbocycles. The summed E-state index contributed by atoms with van der Waals surface area (Å²) >= 11 is 1.17. The molecular weight excluding hydrogens is 441 g/mol. The van der Waals surface area contributed by atoms with Crippen molar-refractivity contribution in [3.05, 3.63) is 70.1 Å². The molecule has 168 valence electrons. The summed E-state index contributed by atoms with van der Waals surface area (Å²) in [6, 6.07) is 15.7. The molecule has 3 aromatic rings. The Bertz CT molecular complexity index is 1180. The topological polar surface area (TPSA) is 75.6 Å². The van der Waals surface area contributed by atoms with Crippen LogP contribution in [0.2, 0.25) is 0 Å². The van der Waals surface area contributed by atoms with Gasteiger partial charge in [-0.3, -0.25) is 4.57 Å². The van der Waals surface area contributed by atoms with Gasteiger partial charge in [0.05, 0.1) is 11.0 Å². The predicted molar refractivity (Wildman–Crippen MR) is 132 cm³/mol. The van der Waals surface area contributed by atoms with Crippen molar-refractivity contribution >= 4 is 35.8 Å². The van der Waals surface area contributed by atoms with E-state index in [0.29, 0.717) is 16.9 Å². The Labute approximate surface area is 193 Å². The van der Waals surface area contributed by atoms with Gasteiger partial charge in [-0.2, -0.15) is 0 Å². The van der Waals surface area contributed by atoms with Crippen molar-refractivity contribution in [2.75, 3.05) is 12.2 Å². The quantitative estimate of drug-likeness (QED) is 0.366. The van der Waals surface area contributed by atoms with E-state index < -0.39 is 13.5 Å². The van der Waals surface area contributed by atoms with Crippen molar-refractivity contribution in [3.8, 4) is 10.4 Å². The lowest BCUT2D eigenvalue weighted by atomic mass is 9.96. The smallest absolute Gasteiger partial charge is 0.348 e. The minimum absolute atomic E-state index is 0.113. The van der Waals surface area contributed by atoms with Gasteiger partial charge in [0.1, 0.15) is 4.88 Å². The number of carboxylic acids is 1. The van der Waals surface area contributed by atoms with E-state index in [2.05, 4.69) is 29.4 Å². The molecule has 0 radical (unpaired) electrons. The summed E-state index contributed by atoms with van der Waals surface area (Å²) in [7, 11) is -2.13. The maximum absolute atomic E-state index is 13.7. The fourth-order valence-electron chi connectivity index (χ4n) is 4.45. The molecule has 1 aromatic heterocycles. The third-order valence-corrected chi connectivity index (χ3v) is 9.50. The second-order valence-corrected chi connectivity index (χ2v) is 11.6. The van der Waals surface area contributed by atoms with Crippen molar-refractivity contribution in [1.82, 2.24) is 0 Å². The third-order valence-electron chi connectivity index (χ3n) is 6.14. The van der Waals surface area contributed by atoms with Crippen molar-refractivity contribution < 1.29 is 19.0 Å². The Morgan fingerprint density at radius 1 is 1.09 bits per heavy atom. The van der Waals surface area contributed by atoms with Gasteiger partial charge in [0.25, 0.3) is 0 Å². The van der Waals surface area contributed by atoms with Gasteiger partial charge in [-0.25, -0.2) is 4.79 Å². The first kappa shape index (κ1) is 22.8. The molecule has 1 atom stereocenters. The van der Waals surface area contributed by atoms with E-state index in [1.807, 2.05) is 26.0 Å². The average Bonchev–Trinajstić information content (AvgIpc) is 3.44. The molecule has 7 heteroatoms. The first-order chi connectivity index (χ1) is 15.3. The van der Waals surface area contributed by atoms with Gasteiger partial charge >= 0.3 is 13.5 Å². The fraction of sp³-hybridized carbons (Fsp3) is 0.320. The van der Waals surface area contributed by atoms with Crippen molar-refractivity contribution in [2.45, 2.75) is 45.4 Å². The van der Waals surface area contributed by atoms with Gasteiger partial charge in [0, 0.05) is 12.0 Å². The van der Waals surface area contributed by atoms with Crippen LogP contribution >= 0.6 is 18.9 Å². The first-order valence-electron chi connectivity index (χ1n) is 10.8. The van der Waals surface area contributed by atoms with Crippen molar-refractivity contribution in [2.24, 2.45) is 0 Å². The van der Waals surface area contributed by atoms with E-state index in [1.54, 1.807) is 12.1 Å². The molecular formula is C25H28NO4PS. The number of nitrogens with one attached hydrogen (secondary N) is 1. The normalized spacial score (nSPS) is 16.1. The lowest BCUT2D eigenvalue weighted by molar-refractivity contribution is 0.0703. The Morgan fingerprint density at radius 3 is 2.38 bits per heavy atom. The summed E-state index contributed by atoms with van der Waals surface area (Å²) in [6.45, 7) is 3.84. The molecule has 1 fully saturated rings. The second-order valence-electron chi connectivity index (χ2n) is 8.40. The van der Waals surface area contributed by atoms with Gasteiger partial charge in [0.15, 0.2) is 0 Å². The molecule has 32 heavy (non-hydrogen) atoms. The van der Waals surface area contributed by atoms with Crippen molar-refractivity contribution in [3.63, 3.8) is 0 Å². The van der Waals surface area contributed by atoms with Crippen molar-refractivity contribution in [1.29, 1.82) is 0 Å². The zero-order valence-electron chi connectivity index (χ0n) is 18.6. The van der Waals surface area contributed by atoms with E-state index in [1.165, 1.54) is 49.7 Å². The van der Waals surface area contributed by atoms with Crippen LogP contribution in [0.3, 0.4) is 0 Å². The van der Waals surface area contributed by atoms with E-state index in [0.717, 1.165) is 21.6 Å². The number of benzene rings is 2. The molecule has 5 nitrogen and oxygen atoms in total. The minimum atomic E-state index is -3.51. The summed E-state index contributed by atoms with van der Waals surface area (Å²) in [4.78, 5) is 12.9. The fourth-order valence-corrected chi connectivity index (χ4v) is 7.19. The van der Waals surface area contributed by atoms with Crippen LogP contribution in [-0.4, -0.2) is 18.2 Å². The van der Waals surface area contributed by atoms with Crippen LogP contribution in [0, 0.1) is 13.8 Å². The van der Waals surface area contributed by atoms with Gasteiger partial charge in [-0.1, -0.05) is 54.8 Å². The molecule has 4 rings (SSSR count). The molecule has 0 spiro atoms. The monoisotopic (exact) mass is 469 g/mol. The van der Waals surface area contributed by atoms with Crippen LogP contribution in [0.5, 0.6) is 0 Å². The molecule has 0 saturated heterocycles. The number of hydrogen-bond donors (Lipinski definition) is 2. The van der Waals surface area contributed by atoms with Crippen LogP contribution in [0.4, 0.5) is 5.69 Å². The standard InChI is InChI=1S/C25H28NO4PS/c1-16-8-13-22(17(2)14-16)31(29,30-3)26-21-15-23(32-24(21)25(27)28)20-11-9-19(10-12-20)18-6-4-5-7-18/h8-15,18H,4-7H2,1-3H3,(H,26,29)(H,27,28). The second kappa shape index (κ2) is 9.22. The maximum atomic E-state index is 13.7. The summed E-state index contributed by atoms with van der Waals surface area (Å²) in [5.41, 5.74) is 4.49. The average molecular weight is 470 g/mol. The highest BCUT2D eigenvalue weighted by Crippen LogP contribution is 2.49. The summed E-state index contributed by atoms with van der Waals surface area (Å²) in [6.07, 6.45) is 5.04. The Morgan fingerprint density at radius 2 is 1.78 bits per heavy atom. The third kappa shape index (κ3) is 4.54. The number of aryl methyl sites for hydroxylation is 2. The number of carboxylic acid groups (broad SMARTS) is 1. The summed E-state index contributed by atoms with van der Waals surface area (Å²) < 4.78 is 19.1. The number of carbonyl (C=O) groups is 1. The van der Waals surface area contributed by atoms with Crippen LogP contribution in [0.15, 0.2) is 48.5 Å². The number of hydrogen-bond acceptors (Lipinski definition) is 4. The van der Waals surface area contributed by atoms with Crippen LogP contribution < -0.4 is 10.4 Å². The first-order valence-corrected chi connectivity index (χ1v) is 13.2. The molecule has 0 aliphatic heterocycles. The molecule has 2 aromatic carbocycles. The molecule has 2 N–H and O–H groups in total. The van der Waals surface area contributed by atoms with E-state index in [9.17, 15) is 14.5 Å². The number of rotatable bonds is 7. The zero-order valence-corrected chi connectivity index (χ0v) is 20.3. The van der Waals surface area contributed by atoms with E-state index in [4.69, 9.17) is 4.52 Å². The Hall–Kier alpha value is -2.40. The highest BCUT2D eigenvalue weighted by Gasteiger charge is 2.30. The SMILES string of the molecule is COP(=O)(Nc1cc(-c2ccc(C3CCCC3)cc2)sc1C(=O)O)c1ccc(C)cc1C. The number of thiophene rings is 1. The highest BCUT2D eigenvalue weighted by atomic mass is 32.1. The van der Waals surface area contributed by atoms with E-state index in [-0.39, 0.29) is 4.88 Å². The van der Waals surface area contributed by atoms with Gasteiger partial charge in [-0.15, -0.1) is 11.3 Å². The maximum Gasteiger partial charge on any atom is 0.348 e. The lowest BCUT2D eigenvalue weighted by Crippen LogP contribution is -2.17. The van der Waals surface area contributed by atoms with Crippen LogP contribution in [0.1, 0.15) is 58.0 Å². The van der Waals surface area contributed by atoms with Crippen LogP contribution in [0.25, 0.3) is 10.4 Å². The molecule has 1 aliphatic rings. The lowest BCUT2D eigenvalue weighted by Gasteiger charge is -2.20. The van der Waals surface area contributed by atoms with E-state index >= 15 is 0 Å². The Kier molecular flexibility index (Phi) is 6.57. The molecule has 1 heterocycles. The Balaban J connectivity index is 1.67. The van der Waals surface area contributed by atoms with Gasteiger partial charge in [-0.05, 0) is 61.4 Å².